The summed E-state index contributed by atoms with van der Waals surface area (Å²) in [4.78, 5) is 2.33. The molecule has 1 heterocycles. The molecule has 0 spiro atoms. The Kier molecular flexibility index (Phi) is 5.81. The minimum absolute atomic E-state index is 0.151. The summed E-state index contributed by atoms with van der Waals surface area (Å²) in [6, 6.07) is 4.85. The van der Waals surface area contributed by atoms with Crippen LogP contribution < -0.4 is 5.32 Å². The van der Waals surface area contributed by atoms with Gasteiger partial charge in [-0.05, 0) is 45.3 Å². The van der Waals surface area contributed by atoms with Gasteiger partial charge in [0.2, 0.25) is 0 Å². The largest absolute Gasteiger partial charge is 0.313 e. The first-order valence-electron chi connectivity index (χ1n) is 7.02. The Hall–Kier alpha value is -0.650. The summed E-state index contributed by atoms with van der Waals surface area (Å²) < 4.78 is 27.1. The van der Waals surface area contributed by atoms with Gasteiger partial charge in [0.25, 0.3) is 0 Å². The number of halogens is 2. The minimum atomic E-state index is -0.775. The van der Waals surface area contributed by atoms with E-state index in [0.717, 1.165) is 19.0 Å². The second kappa shape index (κ2) is 7.38. The van der Waals surface area contributed by atoms with E-state index in [1.807, 2.05) is 11.8 Å². The molecule has 0 aliphatic carbocycles. The van der Waals surface area contributed by atoms with Crippen molar-refractivity contribution >= 4 is 11.8 Å². The van der Waals surface area contributed by atoms with E-state index >= 15 is 0 Å². The van der Waals surface area contributed by atoms with E-state index in [1.54, 1.807) is 19.2 Å². The van der Waals surface area contributed by atoms with Crippen molar-refractivity contribution in [3.05, 3.63) is 35.4 Å². The van der Waals surface area contributed by atoms with E-state index in [4.69, 9.17) is 0 Å². The minimum Gasteiger partial charge on any atom is -0.313 e. The van der Waals surface area contributed by atoms with Crippen molar-refractivity contribution in [3.8, 4) is 0 Å². The van der Waals surface area contributed by atoms with E-state index in [2.05, 4.69) is 17.3 Å². The Morgan fingerprint density at radius 3 is 2.90 bits per heavy atom. The van der Waals surface area contributed by atoms with Crippen LogP contribution >= 0.6 is 11.8 Å². The molecule has 0 amide bonds. The zero-order valence-electron chi connectivity index (χ0n) is 12.0. The molecule has 1 saturated heterocycles. The summed E-state index contributed by atoms with van der Waals surface area (Å²) >= 11 is 1.98. The number of thioether (sulfide) groups is 1. The fourth-order valence-electron chi connectivity index (χ4n) is 2.63. The van der Waals surface area contributed by atoms with Crippen molar-refractivity contribution in [2.24, 2.45) is 0 Å². The van der Waals surface area contributed by atoms with Crippen LogP contribution in [0.25, 0.3) is 0 Å². The van der Waals surface area contributed by atoms with Crippen LogP contribution in [0, 0.1) is 11.6 Å². The average molecular weight is 300 g/mol. The molecule has 1 fully saturated rings. The predicted octanol–water partition coefficient (Wildman–Crippen LogP) is 3.05. The van der Waals surface area contributed by atoms with Crippen molar-refractivity contribution in [2.45, 2.75) is 24.9 Å². The highest BCUT2D eigenvalue weighted by atomic mass is 32.2. The smallest absolute Gasteiger partial charge is 0.163 e. The molecule has 1 aliphatic heterocycles. The molecule has 2 unspecified atom stereocenters. The van der Waals surface area contributed by atoms with Gasteiger partial charge in [-0.25, -0.2) is 8.78 Å². The summed E-state index contributed by atoms with van der Waals surface area (Å²) in [7, 11) is 3.91. The molecule has 1 aromatic carbocycles. The zero-order chi connectivity index (χ0) is 14.5. The molecule has 0 saturated carbocycles. The van der Waals surface area contributed by atoms with Crippen molar-refractivity contribution in [1.29, 1.82) is 0 Å². The maximum atomic E-state index is 13.8. The lowest BCUT2D eigenvalue weighted by molar-refractivity contribution is 0.247. The second-order valence-corrected chi connectivity index (χ2v) is 6.42. The van der Waals surface area contributed by atoms with E-state index in [1.165, 1.54) is 17.9 Å². The average Bonchev–Trinajstić information content (AvgIpc) is 2.97. The third kappa shape index (κ3) is 3.71. The molecule has 2 atom stereocenters. The van der Waals surface area contributed by atoms with Crippen molar-refractivity contribution in [1.82, 2.24) is 10.2 Å². The van der Waals surface area contributed by atoms with Gasteiger partial charge >= 0.3 is 0 Å². The lowest BCUT2D eigenvalue weighted by Gasteiger charge is -2.26. The molecule has 2 rings (SSSR count). The quantitative estimate of drug-likeness (QED) is 0.869. The van der Waals surface area contributed by atoms with Gasteiger partial charge in [0.1, 0.15) is 0 Å². The van der Waals surface area contributed by atoms with Crippen LogP contribution in [-0.4, -0.2) is 43.1 Å². The number of rotatable bonds is 6. The molecule has 1 aromatic rings. The van der Waals surface area contributed by atoms with Crippen LogP contribution in [0.4, 0.5) is 8.78 Å². The number of benzene rings is 1. The van der Waals surface area contributed by atoms with Gasteiger partial charge in [-0.15, -0.1) is 0 Å². The lowest BCUT2D eigenvalue weighted by Crippen LogP contribution is -2.34. The van der Waals surface area contributed by atoms with Gasteiger partial charge in [-0.3, -0.25) is 0 Å². The summed E-state index contributed by atoms with van der Waals surface area (Å²) in [5.74, 6) is 0.895. The maximum absolute atomic E-state index is 13.8. The fraction of sp³-hybridized carbons (Fsp3) is 0.600. The topological polar surface area (TPSA) is 15.3 Å². The Morgan fingerprint density at radius 2 is 2.25 bits per heavy atom. The Balaban J connectivity index is 1.96. The lowest BCUT2D eigenvalue weighted by atomic mass is 10.0. The summed E-state index contributed by atoms with van der Waals surface area (Å²) in [6.45, 7) is 0.882. The van der Waals surface area contributed by atoms with E-state index in [-0.39, 0.29) is 6.04 Å². The van der Waals surface area contributed by atoms with Gasteiger partial charge in [-0.1, -0.05) is 12.1 Å². The first-order chi connectivity index (χ1) is 9.63. The molecule has 112 valence electrons. The van der Waals surface area contributed by atoms with Crippen LogP contribution in [0.1, 0.15) is 24.4 Å². The third-order valence-electron chi connectivity index (χ3n) is 4.00. The summed E-state index contributed by atoms with van der Waals surface area (Å²) in [5.41, 5.74) is 0.418. The molecule has 0 radical (unpaired) electrons. The highest BCUT2D eigenvalue weighted by Gasteiger charge is 2.22. The molecule has 1 aliphatic rings. The normalized spacial score (nSPS) is 20.6. The van der Waals surface area contributed by atoms with Gasteiger partial charge in [-0.2, -0.15) is 11.8 Å². The van der Waals surface area contributed by atoms with Crippen LogP contribution in [-0.2, 0) is 0 Å². The molecule has 1 N–H and O–H groups in total. The van der Waals surface area contributed by atoms with E-state index in [0.29, 0.717) is 11.6 Å². The number of hydrogen-bond acceptors (Lipinski definition) is 3. The molecule has 0 aromatic heterocycles. The molecule has 20 heavy (non-hydrogen) atoms. The Bertz CT molecular complexity index is 436. The molecule has 5 heteroatoms. The van der Waals surface area contributed by atoms with Gasteiger partial charge in [0.05, 0.1) is 0 Å². The van der Waals surface area contributed by atoms with Gasteiger partial charge in [0.15, 0.2) is 11.6 Å². The van der Waals surface area contributed by atoms with Crippen molar-refractivity contribution < 1.29 is 8.78 Å². The van der Waals surface area contributed by atoms with Crippen LogP contribution in [0.2, 0.25) is 0 Å². The maximum Gasteiger partial charge on any atom is 0.163 e. The second-order valence-electron chi connectivity index (χ2n) is 5.27. The van der Waals surface area contributed by atoms with Crippen LogP contribution in [0.15, 0.2) is 18.2 Å². The molecular weight excluding hydrogens is 278 g/mol. The number of nitrogens with zero attached hydrogens (tertiary/aromatic N) is 1. The third-order valence-corrected chi connectivity index (χ3v) is 5.15. The van der Waals surface area contributed by atoms with Gasteiger partial charge in [0, 0.05) is 23.4 Å². The standard InChI is InChI=1S/C15H22F2N2S/c1-18-14(12-4-3-5-13(16)15(12)17)6-8-19(2)11-7-9-20-10-11/h3-5,11,14,18H,6-10H2,1-2H3. The number of hydrogen-bond donors (Lipinski definition) is 1. The first kappa shape index (κ1) is 15.7. The number of nitrogens with one attached hydrogen (secondary N) is 1. The van der Waals surface area contributed by atoms with Crippen molar-refractivity contribution in [3.63, 3.8) is 0 Å². The Morgan fingerprint density at radius 1 is 1.45 bits per heavy atom. The summed E-state index contributed by atoms with van der Waals surface area (Å²) in [6.07, 6.45) is 1.99. The molecule has 2 nitrogen and oxygen atoms in total. The first-order valence-corrected chi connectivity index (χ1v) is 8.18. The SMILES string of the molecule is CNC(CCN(C)C1CCSC1)c1cccc(F)c1F. The highest BCUT2D eigenvalue weighted by molar-refractivity contribution is 7.99. The van der Waals surface area contributed by atoms with Crippen molar-refractivity contribution in [2.75, 3.05) is 32.1 Å². The highest BCUT2D eigenvalue weighted by Crippen LogP contribution is 2.25. The Labute approximate surface area is 123 Å². The monoisotopic (exact) mass is 300 g/mol. The zero-order valence-corrected chi connectivity index (χ0v) is 12.9. The van der Waals surface area contributed by atoms with E-state index in [9.17, 15) is 8.78 Å². The fourth-order valence-corrected chi connectivity index (χ4v) is 3.93. The predicted molar refractivity (Wildman–Crippen MR) is 81.1 cm³/mol. The molecule has 0 bridgehead atoms. The summed E-state index contributed by atoms with van der Waals surface area (Å²) in [5, 5.41) is 3.09. The van der Waals surface area contributed by atoms with Crippen LogP contribution in [0.5, 0.6) is 0 Å². The van der Waals surface area contributed by atoms with Crippen LogP contribution in [0.3, 0.4) is 0 Å². The van der Waals surface area contributed by atoms with E-state index < -0.39 is 11.6 Å². The molecular formula is C15H22F2N2S. The van der Waals surface area contributed by atoms with Gasteiger partial charge < -0.3 is 10.2 Å².